The monoisotopic (exact) mass is 290 g/mol. The van der Waals surface area contributed by atoms with Gasteiger partial charge >= 0.3 is 5.97 Å². The Kier molecular flexibility index (Phi) is 4.32. The number of rotatable bonds is 5. The van der Waals surface area contributed by atoms with Crippen LogP contribution in [0.5, 0.6) is 0 Å². The van der Waals surface area contributed by atoms with Gasteiger partial charge in [-0.05, 0) is 6.92 Å². The maximum Gasteiger partial charge on any atom is 0.325 e. The predicted molar refractivity (Wildman–Crippen MR) is 64.1 cm³/mol. The third-order valence-corrected chi connectivity index (χ3v) is 3.97. The van der Waals surface area contributed by atoms with Crippen molar-refractivity contribution < 1.29 is 27.5 Å². The first-order valence-electron chi connectivity index (χ1n) is 5.21. The van der Waals surface area contributed by atoms with Gasteiger partial charge in [-0.2, -0.15) is 0 Å². The number of carboxylic acid groups (broad SMARTS) is 1. The third kappa shape index (κ3) is 3.32. The number of amides is 1. The number of hydrogen-bond acceptors (Lipinski definition) is 5. The molecule has 0 bridgehead atoms. The van der Waals surface area contributed by atoms with Gasteiger partial charge in [0, 0.05) is 20.2 Å². The summed E-state index contributed by atoms with van der Waals surface area (Å²) in [4.78, 5) is 22.2. The highest BCUT2D eigenvalue weighted by Gasteiger charge is 2.24. The first-order valence-corrected chi connectivity index (χ1v) is 6.65. The zero-order valence-electron chi connectivity index (χ0n) is 10.6. The van der Waals surface area contributed by atoms with E-state index < -0.39 is 27.9 Å². The Bertz CT molecular complexity index is 589. The Hall–Kier alpha value is -1.87. The molecule has 0 radical (unpaired) electrons. The number of aliphatic carboxylic acids is 1. The molecule has 1 aromatic heterocycles. The summed E-state index contributed by atoms with van der Waals surface area (Å²) in [6.07, 6.45) is 0.959. The lowest BCUT2D eigenvalue weighted by atomic mass is 10.3. The summed E-state index contributed by atoms with van der Waals surface area (Å²) < 4.78 is 29.2. The number of sulfonamides is 1. The summed E-state index contributed by atoms with van der Waals surface area (Å²) in [5, 5.41) is 10.4. The zero-order chi connectivity index (χ0) is 14.8. The van der Waals surface area contributed by atoms with Crippen LogP contribution in [-0.4, -0.2) is 49.8 Å². The van der Waals surface area contributed by atoms with E-state index >= 15 is 0 Å². The van der Waals surface area contributed by atoms with Crippen molar-refractivity contribution in [3.05, 3.63) is 17.9 Å². The molecule has 1 heterocycles. The van der Waals surface area contributed by atoms with E-state index in [1.165, 1.54) is 21.0 Å². The summed E-state index contributed by atoms with van der Waals surface area (Å²) in [5.41, 5.74) is -0.0616. The predicted octanol–water partition coefficient (Wildman–Crippen LogP) is -0.267. The Balaban J connectivity index is 2.92. The minimum atomic E-state index is -3.76. The Morgan fingerprint density at radius 2 is 2.00 bits per heavy atom. The lowest BCUT2D eigenvalue weighted by Gasteiger charge is -2.08. The van der Waals surface area contributed by atoms with Crippen molar-refractivity contribution in [2.75, 3.05) is 14.1 Å². The fourth-order valence-corrected chi connectivity index (χ4v) is 1.90. The summed E-state index contributed by atoms with van der Waals surface area (Å²) in [7, 11) is -1.12. The molecule has 0 aliphatic carbocycles. The van der Waals surface area contributed by atoms with Crippen LogP contribution >= 0.6 is 0 Å². The number of nitrogens with one attached hydrogen (secondary N) is 1. The number of furan rings is 1. The van der Waals surface area contributed by atoms with Gasteiger partial charge in [0.2, 0.25) is 5.09 Å². The molecule has 8 nitrogen and oxygen atoms in total. The lowest BCUT2D eigenvalue weighted by molar-refractivity contribution is -0.138. The van der Waals surface area contributed by atoms with Crippen LogP contribution in [0.1, 0.15) is 17.3 Å². The minimum Gasteiger partial charge on any atom is -0.480 e. The van der Waals surface area contributed by atoms with Gasteiger partial charge in [-0.25, -0.2) is 12.7 Å². The lowest BCUT2D eigenvalue weighted by Crippen LogP contribution is -2.38. The molecule has 0 aliphatic heterocycles. The van der Waals surface area contributed by atoms with E-state index in [0.717, 1.165) is 16.6 Å². The molecule has 0 aliphatic rings. The van der Waals surface area contributed by atoms with Gasteiger partial charge in [-0.3, -0.25) is 9.59 Å². The van der Waals surface area contributed by atoms with E-state index in [1.807, 2.05) is 0 Å². The van der Waals surface area contributed by atoms with Crippen LogP contribution in [0.25, 0.3) is 0 Å². The summed E-state index contributed by atoms with van der Waals surface area (Å²) in [5.74, 6) is -1.92. The first kappa shape index (κ1) is 15.2. The largest absolute Gasteiger partial charge is 0.480 e. The topological polar surface area (TPSA) is 117 Å². The Morgan fingerprint density at radius 3 is 2.47 bits per heavy atom. The first-order chi connectivity index (χ1) is 8.66. The highest BCUT2D eigenvalue weighted by molar-refractivity contribution is 7.88. The van der Waals surface area contributed by atoms with E-state index in [9.17, 15) is 18.0 Å². The molecular weight excluding hydrogens is 276 g/mol. The molecule has 1 unspecified atom stereocenters. The quantitative estimate of drug-likeness (QED) is 0.771. The molecule has 1 atom stereocenters. The zero-order valence-corrected chi connectivity index (χ0v) is 11.4. The molecule has 0 aromatic carbocycles. The molecule has 1 rings (SSSR count). The van der Waals surface area contributed by atoms with Crippen molar-refractivity contribution in [3.63, 3.8) is 0 Å². The number of hydrogen-bond donors (Lipinski definition) is 2. The van der Waals surface area contributed by atoms with E-state index in [0.29, 0.717) is 0 Å². The van der Waals surface area contributed by atoms with Gasteiger partial charge in [0.25, 0.3) is 15.9 Å². The second-order valence-corrected chi connectivity index (χ2v) is 6.06. The smallest absolute Gasteiger partial charge is 0.325 e. The van der Waals surface area contributed by atoms with Crippen molar-refractivity contribution in [2.45, 2.75) is 18.1 Å². The molecule has 0 spiro atoms. The Labute approximate surface area is 110 Å². The SMILES string of the molecule is CC(NC(=O)c1coc(S(=O)(=O)N(C)C)c1)C(=O)O. The molecule has 106 valence electrons. The minimum absolute atomic E-state index is 0.0616. The van der Waals surface area contributed by atoms with Crippen LogP contribution in [0, 0.1) is 0 Å². The fraction of sp³-hybridized carbons (Fsp3) is 0.400. The molecule has 0 saturated heterocycles. The average molecular weight is 290 g/mol. The van der Waals surface area contributed by atoms with E-state index in [2.05, 4.69) is 5.32 Å². The molecule has 9 heteroatoms. The van der Waals surface area contributed by atoms with Crippen LogP contribution in [0.2, 0.25) is 0 Å². The molecule has 0 saturated carbocycles. The van der Waals surface area contributed by atoms with Crippen LogP contribution in [-0.2, 0) is 14.8 Å². The highest BCUT2D eigenvalue weighted by atomic mass is 32.2. The van der Waals surface area contributed by atoms with Crippen molar-refractivity contribution in [1.82, 2.24) is 9.62 Å². The van der Waals surface area contributed by atoms with Crippen molar-refractivity contribution in [2.24, 2.45) is 0 Å². The van der Waals surface area contributed by atoms with Gasteiger partial charge in [-0.1, -0.05) is 0 Å². The highest BCUT2D eigenvalue weighted by Crippen LogP contribution is 2.16. The molecule has 19 heavy (non-hydrogen) atoms. The standard InChI is InChI=1S/C10H14N2O6S/c1-6(10(14)15)11-9(13)7-4-8(18-5-7)19(16,17)12(2)3/h4-6H,1-3H3,(H,11,13)(H,14,15). The second-order valence-electron chi connectivity index (χ2n) is 3.98. The summed E-state index contributed by atoms with van der Waals surface area (Å²) >= 11 is 0. The molecule has 1 aromatic rings. The normalized spacial score (nSPS) is 13.3. The van der Waals surface area contributed by atoms with Gasteiger partial charge in [-0.15, -0.1) is 0 Å². The van der Waals surface area contributed by atoms with Crippen molar-refractivity contribution in [1.29, 1.82) is 0 Å². The van der Waals surface area contributed by atoms with Crippen LogP contribution in [0.3, 0.4) is 0 Å². The number of nitrogens with zero attached hydrogens (tertiary/aromatic N) is 1. The van der Waals surface area contributed by atoms with E-state index in [1.54, 1.807) is 0 Å². The molecular formula is C10H14N2O6S. The van der Waals surface area contributed by atoms with Crippen LogP contribution in [0.4, 0.5) is 0 Å². The molecule has 1 amide bonds. The van der Waals surface area contributed by atoms with Gasteiger partial charge in [0.05, 0.1) is 5.56 Å². The van der Waals surface area contributed by atoms with Gasteiger partial charge in [0.1, 0.15) is 12.3 Å². The van der Waals surface area contributed by atoms with E-state index in [-0.39, 0.29) is 10.7 Å². The van der Waals surface area contributed by atoms with Crippen LogP contribution < -0.4 is 5.32 Å². The van der Waals surface area contributed by atoms with Gasteiger partial charge < -0.3 is 14.8 Å². The fourth-order valence-electron chi connectivity index (χ4n) is 1.09. The number of carbonyl (C=O) groups excluding carboxylic acids is 1. The van der Waals surface area contributed by atoms with E-state index in [4.69, 9.17) is 9.52 Å². The maximum absolute atomic E-state index is 11.7. The van der Waals surface area contributed by atoms with Crippen LogP contribution in [0.15, 0.2) is 21.8 Å². The van der Waals surface area contributed by atoms with Crippen molar-refractivity contribution >= 4 is 21.9 Å². The third-order valence-electron chi connectivity index (χ3n) is 2.29. The molecule has 2 N–H and O–H groups in total. The average Bonchev–Trinajstić information content (AvgIpc) is 2.78. The number of carbonyl (C=O) groups is 2. The van der Waals surface area contributed by atoms with Gasteiger partial charge in [0.15, 0.2) is 0 Å². The summed E-state index contributed by atoms with van der Waals surface area (Å²) in [6.45, 7) is 1.29. The number of carboxylic acids is 1. The van der Waals surface area contributed by atoms with Crippen molar-refractivity contribution in [3.8, 4) is 0 Å². The summed E-state index contributed by atoms with van der Waals surface area (Å²) in [6, 6.07) is -0.0458. The molecule has 0 fully saturated rings. The maximum atomic E-state index is 11.7. The Morgan fingerprint density at radius 1 is 1.42 bits per heavy atom. The second kappa shape index (κ2) is 5.41.